The van der Waals surface area contributed by atoms with Crippen LogP contribution in [0, 0.1) is 11.5 Å². The van der Waals surface area contributed by atoms with Crippen molar-refractivity contribution in [3.05, 3.63) is 41.5 Å². The second kappa shape index (κ2) is 5.51. The molecule has 0 aliphatic rings. The van der Waals surface area contributed by atoms with Crippen molar-refractivity contribution in [2.75, 3.05) is 0 Å². The van der Waals surface area contributed by atoms with E-state index in [9.17, 15) is 4.79 Å². The second-order valence-electron chi connectivity index (χ2n) is 4.79. The Morgan fingerprint density at radius 2 is 1.82 bits per heavy atom. The Bertz CT molecular complexity index is 482. The van der Waals surface area contributed by atoms with E-state index in [-0.39, 0.29) is 0 Å². The molecule has 0 bridgehead atoms. The van der Waals surface area contributed by atoms with Crippen molar-refractivity contribution in [2.24, 2.45) is 0 Å². The SMILES string of the molecule is C[Si](C)(C)C#Cc1ccc(C=CC(=O)O)cc1. The molecular formula is C14H16O2Si. The molecule has 0 fully saturated rings. The van der Waals surface area contributed by atoms with Gasteiger partial charge in [-0.3, -0.25) is 0 Å². The molecule has 0 saturated heterocycles. The van der Waals surface area contributed by atoms with Crippen LogP contribution in [0.3, 0.4) is 0 Å². The number of carboxylic acid groups (broad SMARTS) is 1. The van der Waals surface area contributed by atoms with Gasteiger partial charge >= 0.3 is 5.97 Å². The largest absolute Gasteiger partial charge is 0.478 e. The van der Waals surface area contributed by atoms with Crippen molar-refractivity contribution < 1.29 is 9.90 Å². The average Bonchev–Trinajstić information content (AvgIpc) is 2.24. The van der Waals surface area contributed by atoms with Gasteiger partial charge in [-0.05, 0) is 23.8 Å². The van der Waals surface area contributed by atoms with Crippen LogP contribution in [0.25, 0.3) is 6.08 Å². The Kier molecular flexibility index (Phi) is 4.30. The summed E-state index contributed by atoms with van der Waals surface area (Å²) in [7, 11) is -1.34. The van der Waals surface area contributed by atoms with Gasteiger partial charge < -0.3 is 5.11 Å². The summed E-state index contributed by atoms with van der Waals surface area (Å²) < 4.78 is 0. The van der Waals surface area contributed by atoms with Crippen LogP contribution >= 0.6 is 0 Å². The van der Waals surface area contributed by atoms with Crippen LogP contribution in [-0.4, -0.2) is 19.1 Å². The lowest BCUT2D eigenvalue weighted by Gasteiger charge is -2.03. The van der Waals surface area contributed by atoms with E-state index in [0.717, 1.165) is 17.2 Å². The summed E-state index contributed by atoms with van der Waals surface area (Å²) in [5, 5.41) is 8.50. The zero-order chi connectivity index (χ0) is 12.9. The molecule has 0 radical (unpaired) electrons. The molecule has 0 heterocycles. The monoisotopic (exact) mass is 244 g/mol. The van der Waals surface area contributed by atoms with Crippen molar-refractivity contribution in [1.82, 2.24) is 0 Å². The highest BCUT2D eigenvalue weighted by Crippen LogP contribution is 2.06. The summed E-state index contributed by atoms with van der Waals surface area (Å²) in [5.41, 5.74) is 5.12. The van der Waals surface area contributed by atoms with E-state index in [2.05, 4.69) is 31.1 Å². The maximum absolute atomic E-state index is 10.3. The van der Waals surface area contributed by atoms with E-state index < -0.39 is 14.0 Å². The maximum atomic E-state index is 10.3. The van der Waals surface area contributed by atoms with Gasteiger partial charge in [-0.1, -0.05) is 37.7 Å². The topological polar surface area (TPSA) is 37.3 Å². The Hall–Kier alpha value is -1.79. The molecule has 0 aliphatic carbocycles. The van der Waals surface area contributed by atoms with E-state index in [0.29, 0.717) is 0 Å². The molecule has 0 amide bonds. The average molecular weight is 244 g/mol. The molecule has 0 saturated carbocycles. The maximum Gasteiger partial charge on any atom is 0.328 e. The Morgan fingerprint density at radius 3 is 2.29 bits per heavy atom. The van der Waals surface area contributed by atoms with Gasteiger partial charge in [0.25, 0.3) is 0 Å². The molecule has 3 heteroatoms. The number of rotatable bonds is 2. The molecule has 88 valence electrons. The Labute approximate surface area is 103 Å². The standard InChI is InChI=1S/C14H16O2Si/c1-17(2,3)11-10-13-6-4-12(5-7-13)8-9-14(15)16/h4-9H,1-3H3,(H,15,16). The van der Waals surface area contributed by atoms with E-state index in [1.807, 2.05) is 24.3 Å². The fourth-order valence-corrected chi connectivity index (χ4v) is 1.62. The van der Waals surface area contributed by atoms with Crippen LogP contribution in [0.2, 0.25) is 19.6 Å². The first-order valence-corrected chi connectivity index (χ1v) is 8.91. The van der Waals surface area contributed by atoms with Gasteiger partial charge in [0, 0.05) is 11.6 Å². The lowest BCUT2D eigenvalue weighted by atomic mass is 10.1. The van der Waals surface area contributed by atoms with Gasteiger partial charge in [0.2, 0.25) is 0 Å². The van der Waals surface area contributed by atoms with Gasteiger partial charge in [-0.2, -0.15) is 0 Å². The predicted octanol–water partition coefficient (Wildman–Crippen LogP) is 3.01. The summed E-state index contributed by atoms with van der Waals surface area (Å²) in [4.78, 5) is 10.3. The van der Waals surface area contributed by atoms with Crippen LogP contribution in [0.1, 0.15) is 11.1 Å². The summed E-state index contributed by atoms with van der Waals surface area (Å²) in [6.45, 7) is 6.60. The van der Waals surface area contributed by atoms with Gasteiger partial charge in [-0.25, -0.2) is 4.79 Å². The van der Waals surface area contributed by atoms with Crippen molar-refractivity contribution in [3.8, 4) is 11.5 Å². The number of hydrogen-bond donors (Lipinski definition) is 1. The predicted molar refractivity (Wildman–Crippen MR) is 73.3 cm³/mol. The molecule has 0 aromatic heterocycles. The van der Waals surface area contributed by atoms with Crippen LogP contribution in [0.5, 0.6) is 0 Å². The van der Waals surface area contributed by atoms with E-state index in [1.165, 1.54) is 0 Å². The lowest BCUT2D eigenvalue weighted by Crippen LogP contribution is -2.16. The molecule has 1 aromatic carbocycles. The quantitative estimate of drug-likeness (QED) is 0.493. The lowest BCUT2D eigenvalue weighted by molar-refractivity contribution is -0.131. The van der Waals surface area contributed by atoms with Crippen molar-refractivity contribution >= 4 is 20.1 Å². The van der Waals surface area contributed by atoms with Gasteiger partial charge in [0.05, 0.1) is 0 Å². The highest BCUT2D eigenvalue weighted by Gasteiger charge is 2.07. The molecule has 0 spiro atoms. The third-order valence-electron chi connectivity index (χ3n) is 1.91. The molecule has 1 aromatic rings. The molecule has 1 rings (SSSR count). The van der Waals surface area contributed by atoms with Crippen LogP contribution in [0.4, 0.5) is 0 Å². The number of hydrogen-bond acceptors (Lipinski definition) is 1. The van der Waals surface area contributed by atoms with Gasteiger partial charge in [0.15, 0.2) is 0 Å². The summed E-state index contributed by atoms with van der Waals surface area (Å²) in [5.74, 6) is 2.21. The molecule has 1 N–H and O–H groups in total. The number of aliphatic carboxylic acids is 1. The minimum atomic E-state index is -1.34. The van der Waals surface area contributed by atoms with Gasteiger partial charge in [-0.15, -0.1) is 5.54 Å². The smallest absolute Gasteiger partial charge is 0.328 e. The first-order chi connectivity index (χ1) is 7.87. The minimum Gasteiger partial charge on any atom is -0.478 e. The molecule has 2 nitrogen and oxygen atoms in total. The van der Waals surface area contributed by atoms with Crippen LogP contribution in [-0.2, 0) is 4.79 Å². The normalized spacial score (nSPS) is 11.0. The summed E-state index contributed by atoms with van der Waals surface area (Å²) in [6.07, 6.45) is 2.70. The molecule has 0 unspecified atom stereocenters. The molecule has 17 heavy (non-hydrogen) atoms. The van der Waals surface area contributed by atoms with E-state index >= 15 is 0 Å². The number of carboxylic acids is 1. The third kappa shape index (κ3) is 5.74. The van der Waals surface area contributed by atoms with Crippen molar-refractivity contribution in [1.29, 1.82) is 0 Å². The highest BCUT2D eigenvalue weighted by molar-refractivity contribution is 6.83. The first kappa shape index (κ1) is 13.3. The van der Waals surface area contributed by atoms with Crippen molar-refractivity contribution in [3.63, 3.8) is 0 Å². The van der Waals surface area contributed by atoms with Crippen molar-refractivity contribution in [2.45, 2.75) is 19.6 Å². The fourth-order valence-electron chi connectivity index (χ4n) is 1.10. The third-order valence-corrected chi connectivity index (χ3v) is 2.79. The Balaban J connectivity index is 2.81. The summed E-state index contributed by atoms with van der Waals surface area (Å²) in [6, 6.07) is 7.56. The molecule has 0 atom stereocenters. The van der Waals surface area contributed by atoms with Crippen LogP contribution < -0.4 is 0 Å². The second-order valence-corrected chi connectivity index (χ2v) is 9.54. The minimum absolute atomic E-state index is 0.867. The van der Waals surface area contributed by atoms with E-state index in [4.69, 9.17) is 5.11 Å². The first-order valence-electron chi connectivity index (χ1n) is 5.41. The Morgan fingerprint density at radius 1 is 1.24 bits per heavy atom. The molecular weight excluding hydrogens is 228 g/mol. The molecule has 0 aliphatic heterocycles. The van der Waals surface area contributed by atoms with Gasteiger partial charge in [0.1, 0.15) is 8.07 Å². The number of carbonyl (C=O) groups is 1. The zero-order valence-electron chi connectivity index (χ0n) is 10.3. The van der Waals surface area contributed by atoms with Crippen LogP contribution in [0.15, 0.2) is 30.3 Å². The fraction of sp³-hybridized carbons (Fsp3) is 0.214. The zero-order valence-corrected chi connectivity index (χ0v) is 11.3. The van der Waals surface area contributed by atoms with E-state index in [1.54, 1.807) is 6.08 Å². The number of benzene rings is 1. The highest BCUT2D eigenvalue weighted by atomic mass is 28.3. The summed E-state index contributed by atoms with van der Waals surface area (Å²) >= 11 is 0.